The zero-order valence-corrected chi connectivity index (χ0v) is 30.5. The molecule has 5 aliphatic rings. The predicted octanol–water partition coefficient (Wildman–Crippen LogP) is 9.43. The minimum absolute atomic E-state index is 0.113. The highest BCUT2D eigenvalue weighted by Gasteiger charge is 2.64. The number of fused-ring (bicyclic) bond motifs is 7. The van der Waals surface area contributed by atoms with Crippen LogP contribution in [0.1, 0.15) is 133 Å². The molecule has 0 aromatic heterocycles. The van der Waals surface area contributed by atoms with Gasteiger partial charge in [0.1, 0.15) is 6.10 Å². The van der Waals surface area contributed by atoms with E-state index in [2.05, 4.69) is 39.4 Å². The molecule has 0 bridgehead atoms. The number of allylic oxidation sites excluding steroid dienone is 1. The average Bonchev–Trinajstić information content (AvgIpc) is 3.51. The number of rotatable bonds is 8. The molecule has 0 aromatic rings. The fraction of sp³-hybridized carbons (Fsp3) is 0.895. The van der Waals surface area contributed by atoms with Crippen molar-refractivity contribution in [1.29, 1.82) is 0 Å². The lowest BCUT2D eigenvalue weighted by atomic mass is 9.44. The minimum Gasteiger partial charge on any atom is -0.494 e. The molecule has 5 rings (SSSR count). The number of alkyl halides is 3. The van der Waals surface area contributed by atoms with E-state index in [0.29, 0.717) is 48.5 Å². The number of halogens is 3. The molecule has 0 amide bonds. The lowest BCUT2D eigenvalue weighted by Crippen LogP contribution is -2.54. The molecule has 47 heavy (non-hydrogen) atoms. The number of hydrogen-bond acceptors (Lipinski definition) is 6. The molecule has 0 aromatic carbocycles. The van der Waals surface area contributed by atoms with Crippen molar-refractivity contribution in [3.8, 4) is 0 Å². The maximum Gasteiger partial charge on any atom is 0.490 e. The summed E-state index contributed by atoms with van der Waals surface area (Å²) in [6, 6.07) is 0. The number of aliphatic hydroxyl groups is 1. The SMILES string of the molecule is CC.CC1=C(CCC(C)COC(=O)C(F)(F)F)OC2CC3C4CCC5CC(O)CCC5(C)C4CCC3(C)C12.CCC(C)COC(C)=O. The molecule has 9 heteroatoms. The van der Waals surface area contributed by atoms with E-state index >= 15 is 0 Å². The van der Waals surface area contributed by atoms with Crippen molar-refractivity contribution in [1.82, 2.24) is 0 Å². The van der Waals surface area contributed by atoms with Crippen molar-refractivity contribution in [3.63, 3.8) is 0 Å². The lowest BCUT2D eigenvalue weighted by Gasteiger charge is -2.60. The Morgan fingerprint density at radius 3 is 2.21 bits per heavy atom. The first kappa shape index (κ1) is 39.7. The second-order valence-corrected chi connectivity index (χ2v) is 15.7. The Kier molecular flexibility index (Phi) is 13.7. The summed E-state index contributed by atoms with van der Waals surface area (Å²) in [5.74, 6) is 2.31. The van der Waals surface area contributed by atoms with Gasteiger partial charge in [-0.3, -0.25) is 4.79 Å². The molecule has 4 aliphatic carbocycles. The van der Waals surface area contributed by atoms with E-state index < -0.39 is 12.1 Å². The van der Waals surface area contributed by atoms with E-state index in [4.69, 9.17) is 9.47 Å². The van der Waals surface area contributed by atoms with Gasteiger partial charge in [-0.1, -0.05) is 54.9 Å². The van der Waals surface area contributed by atoms with E-state index in [1.54, 1.807) is 0 Å². The van der Waals surface area contributed by atoms with E-state index in [-0.39, 0.29) is 36.1 Å². The van der Waals surface area contributed by atoms with Crippen molar-refractivity contribution in [3.05, 3.63) is 11.3 Å². The van der Waals surface area contributed by atoms with E-state index in [9.17, 15) is 27.9 Å². The molecule has 6 nitrogen and oxygen atoms in total. The van der Waals surface area contributed by atoms with Gasteiger partial charge in [0.2, 0.25) is 0 Å². The van der Waals surface area contributed by atoms with Gasteiger partial charge in [-0.15, -0.1) is 0 Å². The molecule has 272 valence electrons. The Hall–Kier alpha value is -1.77. The first-order chi connectivity index (χ1) is 22.0. The van der Waals surface area contributed by atoms with Crippen molar-refractivity contribution in [2.45, 2.75) is 151 Å². The number of esters is 2. The van der Waals surface area contributed by atoms with Crippen LogP contribution in [0.25, 0.3) is 0 Å². The second kappa shape index (κ2) is 16.3. The largest absolute Gasteiger partial charge is 0.494 e. The number of aliphatic hydroxyl groups excluding tert-OH is 1. The summed E-state index contributed by atoms with van der Waals surface area (Å²) in [5.41, 5.74) is 1.94. The summed E-state index contributed by atoms with van der Waals surface area (Å²) in [7, 11) is 0. The molecule has 0 saturated heterocycles. The van der Waals surface area contributed by atoms with Gasteiger partial charge in [-0.25, -0.2) is 4.79 Å². The monoisotopic (exact) mass is 672 g/mol. The van der Waals surface area contributed by atoms with Gasteiger partial charge < -0.3 is 19.3 Å². The molecule has 0 spiro atoms. The molecular formula is C38H63F3O6. The van der Waals surface area contributed by atoms with Gasteiger partial charge in [-0.05, 0) is 117 Å². The van der Waals surface area contributed by atoms with Crippen LogP contribution in [0.5, 0.6) is 0 Å². The average molecular weight is 673 g/mol. The van der Waals surface area contributed by atoms with E-state index in [1.165, 1.54) is 38.2 Å². The summed E-state index contributed by atoms with van der Waals surface area (Å²) in [4.78, 5) is 21.2. The number of hydrogen-bond donors (Lipinski definition) is 1. The summed E-state index contributed by atoms with van der Waals surface area (Å²) in [5, 5.41) is 10.3. The summed E-state index contributed by atoms with van der Waals surface area (Å²) in [6.45, 7) is 18.9. The smallest absolute Gasteiger partial charge is 0.490 e. The fourth-order valence-corrected chi connectivity index (χ4v) is 9.96. The molecule has 4 fully saturated rings. The van der Waals surface area contributed by atoms with Crippen LogP contribution in [0.2, 0.25) is 0 Å². The predicted molar refractivity (Wildman–Crippen MR) is 177 cm³/mol. The van der Waals surface area contributed by atoms with Crippen LogP contribution in [0.15, 0.2) is 11.3 Å². The Morgan fingerprint density at radius 2 is 1.60 bits per heavy atom. The fourth-order valence-electron chi connectivity index (χ4n) is 9.96. The van der Waals surface area contributed by atoms with Crippen LogP contribution in [0.4, 0.5) is 13.2 Å². The maximum absolute atomic E-state index is 12.4. The van der Waals surface area contributed by atoms with Gasteiger partial charge in [0.05, 0.1) is 25.1 Å². The maximum atomic E-state index is 12.4. The van der Waals surface area contributed by atoms with Crippen LogP contribution in [-0.4, -0.2) is 48.6 Å². The zero-order chi connectivity index (χ0) is 35.3. The van der Waals surface area contributed by atoms with Crippen molar-refractivity contribution < 1.29 is 42.1 Å². The molecule has 11 unspecified atom stereocenters. The van der Waals surface area contributed by atoms with Crippen molar-refractivity contribution in [2.24, 2.45) is 52.3 Å². The third-order valence-corrected chi connectivity index (χ3v) is 12.7. The zero-order valence-electron chi connectivity index (χ0n) is 30.5. The quantitative estimate of drug-likeness (QED) is 0.259. The molecule has 1 aliphatic heterocycles. The van der Waals surface area contributed by atoms with Crippen LogP contribution in [-0.2, 0) is 23.8 Å². The molecule has 1 N–H and O–H groups in total. The molecular weight excluding hydrogens is 609 g/mol. The van der Waals surface area contributed by atoms with Crippen LogP contribution < -0.4 is 0 Å². The number of carbonyl (C=O) groups is 2. The van der Waals surface area contributed by atoms with Crippen LogP contribution in [0, 0.1) is 52.3 Å². The summed E-state index contributed by atoms with van der Waals surface area (Å²) >= 11 is 0. The Labute approximate surface area is 281 Å². The highest BCUT2D eigenvalue weighted by atomic mass is 19.4. The van der Waals surface area contributed by atoms with Gasteiger partial charge in [-0.2, -0.15) is 13.2 Å². The van der Waals surface area contributed by atoms with Gasteiger partial charge in [0.25, 0.3) is 0 Å². The summed E-state index contributed by atoms with van der Waals surface area (Å²) < 4.78 is 53.0. The second-order valence-electron chi connectivity index (χ2n) is 15.7. The molecule has 4 saturated carbocycles. The minimum atomic E-state index is -4.94. The van der Waals surface area contributed by atoms with Gasteiger partial charge in [0.15, 0.2) is 0 Å². The van der Waals surface area contributed by atoms with Crippen LogP contribution >= 0.6 is 0 Å². The highest BCUT2D eigenvalue weighted by molar-refractivity contribution is 5.75. The third-order valence-electron chi connectivity index (χ3n) is 12.7. The Bertz CT molecular complexity index is 1090. The number of carbonyl (C=O) groups excluding carboxylic acids is 2. The molecule has 0 radical (unpaired) electrons. The van der Waals surface area contributed by atoms with Gasteiger partial charge in [0, 0.05) is 19.3 Å². The highest BCUT2D eigenvalue weighted by Crippen LogP contribution is 2.69. The van der Waals surface area contributed by atoms with Crippen molar-refractivity contribution in [2.75, 3.05) is 13.2 Å². The van der Waals surface area contributed by atoms with Crippen LogP contribution in [0.3, 0.4) is 0 Å². The topological polar surface area (TPSA) is 82.1 Å². The first-order valence-corrected chi connectivity index (χ1v) is 18.4. The molecule has 1 heterocycles. The Balaban J connectivity index is 0.000000474. The summed E-state index contributed by atoms with van der Waals surface area (Å²) in [6.07, 6.45) is 6.75. The lowest BCUT2D eigenvalue weighted by molar-refractivity contribution is -0.200. The molecule has 11 atom stereocenters. The van der Waals surface area contributed by atoms with E-state index in [0.717, 1.165) is 49.7 Å². The normalized spacial score (nSPS) is 36.8. The first-order valence-electron chi connectivity index (χ1n) is 18.4. The van der Waals surface area contributed by atoms with Crippen molar-refractivity contribution >= 4 is 11.9 Å². The Morgan fingerprint density at radius 1 is 0.957 bits per heavy atom. The third kappa shape index (κ3) is 8.88. The van der Waals surface area contributed by atoms with E-state index in [1.807, 2.05) is 20.8 Å². The number of ether oxygens (including phenoxy) is 3. The van der Waals surface area contributed by atoms with Gasteiger partial charge >= 0.3 is 18.1 Å². The standard InChI is InChI=1S/C29H43F3O4.C7H14O2.C2H6/c1-16(15-35-26(34)29(30,31)32)5-8-23-17(2)25-24(36-23)14-22-20-7-6-18-13-19(33)9-11-27(18,3)21(20)10-12-28(22,25)4;1-4-6(2)5-9-7(3)8;1-2/h16,18-22,24-25,33H,5-15H2,1-4H3;6H,4-5H2,1-3H3;1-2H3.